The van der Waals surface area contributed by atoms with Crippen molar-refractivity contribution in [1.82, 2.24) is 24.6 Å². The molecule has 1 fully saturated rings. The lowest BCUT2D eigenvalue weighted by atomic mass is 10.2. The highest BCUT2D eigenvalue weighted by atomic mass is 16.3. The van der Waals surface area contributed by atoms with Crippen molar-refractivity contribution in [1.29, 1.82) is 0 Å². The summed E-state index contributed by atoms with van der Waals surface area (Å²) in [6.45, 7) is 5.01. The summed E-state index contributed by atoms with van der Waals surface area (Å²) >= 11 is 0. The summed E-state index contributed by atoms with van der Waals surface area (Å²) in [5.41, 5.74) is 0.937. The van der Waals surface area contributed by atoms with Crippen LogP contribution < -0.4 is 0 Å². The van der Waals surface area contributed by atoms with Gasteiger partial charge in [-0.2, -0.15) is 5.10 Å². The van der Waals surface area contributed by atoms with Crippen LogP contribution in [0.4, 0.5) is 0 Å². The van der Waals surface area contributed by atoms with E-state index >= 15 is 0 Å². The third-order valence-corrected chi connectivity index (χ3v) is 5.04. The number of para-hydroxylation sites is 1. The standard InChI is InChI=1S/C20H25N5O2/c26-20(7-3-10-25-16-21-15-22-25)24-9-4-8-23(11-12-24)14-18-13-17-5-1-2-6-19(17)27-18/h1-2,5-6,13,15-16H,3-4,7-12,14H2. The highest BCUT2D eigenvalue weighted by molar-refractivity contribution is 5.77. The molecule has 1 saturated heterocycles. The van der Waals surface area contributed by atoms with Crippen LogP contribution >= 0.6 is 0 Å². The second-order valence-electron chi connectivity index (χ2n) is 7.02. The molecule has 0 N–H and O–H groups in total. The van der Waals surface area contributed by atoms with Gasteiger partial charge in [0.2, 0.25) is 5.91 Å². The summed E-state index contributed by atoms with van der Waals surface area (Å²) in [7, 11) is 0. The van der Waals surface area contributed by atoms with Gasteiger partial charge < -0.3 is 9.32 Å². The third kappa shape index (κ3) is 4.54. The lowest BCUT2D eigenvalue weighted by molar-refractivity contribution is -0.131. The highest BCUT2D eigenvalue weighted by Crippen LogP contribution is 2.20. The number of fused-ring (bicyclic) bond motifs is 1. The van der Waals surface area contributed by atoms with Gasteiger partial charge in [0.1, 0.15) is 24.0 Å². The quantitative estimate of drug-likeness (QED) is 0.670. The van der Waals surface area contributed by atoms with Crippen LogP contribution in [0.2, 0.25) is 0 Å². The number of aryl methyl sites for hydroxylation is 1. The first-order chi connectivity index (χ1) is 13.3. The molecule has 1 aliphatic heterocycles. The van der Waals surface area contributed by atoms with Crippen molar-refractivity contribution in [2.24, 2.45) is 0 Å². The molecular formula is C20H25N5O2. The van der Waals surface area contributed by atoms with Crippen molar-refractivity contribution in [3.8, 4) is 0 Å². The van der Waals surface area contributed by atoms with E-state index in [2.05, 4.69) is 27.1 Å². The zero-order chi connectivity index (χ0) is 18.5. The number of hydrogen-bond donors (Lipinski definition) is 0. The molecule has 27 heavy (non-hydrogen) atoms. The van der Waals surface area contributed by atoms with Gasteiger partial charge in [0.05, 0.1) is 6.54 Å². The summed E-state index contributed by atoms with van der Waals surface area (Å²) < 4.78 is 7.71. The lowest BCUT2D eigenvalue weighted by Gasteiger charge is -2.21. The van der Waals surface area contributed by atoms with E-state index in [0.717, 1.165) is 68.8 Å². The van der Waals surface area contributed by atoms with Gasteiger partial charge in [-0.15, -0.1) is 0 Å². The Bertz CT molecular complexity index is 841. The molecule has 4 rings (SSSR count). The number of aromatic nitrogens is 3. The second kappa shape index (κ2) is 8.35. The van der Waals surface area contributed by atoms with E-state index in [1.54, 1.807) is 11.0 Å². The van der Waals surface area contributed by atoms with Crippen molar-refractivity contribution >= 4 is 16.9 Å². The average Bonchev–Trinajstić information content (AvgIpc) is 3.27. The number of hydrogen-bond acceptors (Lipinski definition) is 5. The number of carbonyl (C=O) groups excluding carboxylic acids is 1. The molecular weight excluding hydrogens is 342 g/mol. The zero-order valence-corrected chi connectivity index (χ0v) is 15.5. The van der Waals surface area contributed by atoms with Gasteiger partial charge in [-0.3, -0.25) is 14.4 Å². The topological polar surface area (TPSA) is 67.4 Å². The summed E-state index contributed by atoms with van der Waals surface area (Å²) in [5, 5.41) is 5.22. The normalized spacial score (nSPS) is 15.9. The number of nitrogens with zero attached hydrogens (tertiary/aromatic N) is 5. The molecule has 0 bridgehead atoms. The molecule has 1 amide bonds. The van der Waals surface area contributed by atoms with Crippen LogP contribution in [0.25, 0.3) is 11.0 Å². The minimum atomic E-state index is 0.237. The Morgan fingerprint density at radius 1 is 1.15 bits per heavy atom. The SMILES string of the molecule is O=C(CCCn1cncn1)N1CCCN(Cc2cc3ccccc3o2)CC1. The molecule has 3 aromatic rings. The van der Waals surface area contributed by atoms with Crippen molar-refractivity contribution < 1.29 is 9.21 Å². The highest BCUT2D eigenvalue weighted by Gasteiger charge is 2.19. The summed E-state index contributed by atoms with van der Waals surface area (Å²) in [4.78, 5) is 20.8. The number of furan rings is 1. The fraction of sp³-hybridized carbons (Fsp3) is 0.450. The van der Waals surface area contributed by atoms with Gasteiger partial charge in [0, 0.05) is 44.5 Å². The first kappa shape index (κ1) is 17.7. The van der Waals surface area contributed by atoms with Gasteiger partial charge in [-0.05, 0) is 25.0 Å². The van der Waals surface area contributed by atoms with E-state index in [1.165, 1.54) is 6.33 Å². The average molecular weight is 367 g/mol. The first-order valence-electron chi connectivity index (χ1n) is 9.58. The van der Waals surface area contributed by atoms with E-state index in [1.807, 2.05) is 23.1 Å². The van der Waals surface area contributed by atoms with Crippen molar-refractivity contribution in [3.63, 3.8) is 0 Å². The maximum atomic E-state index is 12.5. The molecule has 142 valence electrons. The Balaban J connectivity index is 1.26. The van der Waals surface area contributed by atoms with Gasteiger partial charge in [0.15, 0.2) is 0 Å². The molecule has 1 aromatic carbocycles. The van der Waals surface area contributed by atoms with Crippen LogP contribution in [0.15, 0.2) is 47.4 Å². The van der Waals surface area contributed by atoms with Gasteiger partial charge in [0.25, 0.3) is 0 Å². The summed E-state index contributed by atoms with van der Waals surface area (Å²) in [6, 6.07) is 10.2. The monoisotopic (exact) mass is 367 g/mol. The number of benzene rings is 1. The molecule has 0 saturated carbocycles. The molecule has 0 atom stereocenters. The van der Waals surface area contributed by atoms with E-state index in [-0.39, 0.29) is 5.91 Å². The molecule has 7 nitrogen and oxygen atoms in total. The largest absolute Gasteiger partial charge is 0.460 e. The third-order valence-electron chi connectivity index (χ3n) is 5.04. The molecule has 2 aromatic heterocycles. The molecule has 0 aliphatic carbocycles. The number of amides is 1. The van der Waals surface area contributed by atoms with E-state index in [9.17, 15) is 4.79 Å². The van der Waals surface area contributed by atoms with Crippen LogP contribution in [0.3, 0.4) is 0 Å². The van der Waals surface area contributed by atoms with E-state index in [0.29, 0.717) is 6.42 Å². The molecule has 0 radical (unpaired) electrons. The zero-order valence-electron chi connectivity index (χ0n) is 15.5. The predicted molar refractivity (Wildman–Crippen MR) is 102 cm³/mol. The van der Waals surface area contributed by atoms with Crippen LogP contribution in [0, 0.1) is 0 Å². The van der Waals surface area contributed by atoms with Gasteiger partial charge >= 0.3 is 0 Å². The fourth-order valence-electron chi connectivity index (χ4n) is 3.61. The fourth-order valence-corrected chi connectivity index (χ4v) is 3.61. The van der Waals surface area contributed by atoms with Crippen molar-refractivity contribution in [3.05, 3.63) is 48.7 Å². The van der Waals surface area contributed by atoms with Crippen LogP contribution in [-0.2, 0) is 17.9 Å². The summed E-state index contributed by atoms with van der Waals surface area (Å²) in [5.74, 6) is 1.23. The lowest BCUT2D eigenvalue weighted by Crippen LogP contribution is -2.35. The number of rotatable bonds is 6. The van der Waals surface area contributed by atoms with Crippen molar-refractivity contribution in [2.75, 3.05) is 26.2 Å². The minimum absolute atomic E-state index is 0.237. The minimum Gasteiger partial charge on any atom is -0.460 e. The second-order valence-corrected chi connectivity index (χ2v) is 7.02. The Morgan fingerprint density at radius 3 is 2.93 bits per heavy atom. The van der Waals surface area contributed by atoms with Gasteiger partial charge in [-0.1, -0.05) is 18.2 Å². The van der Waals surface area contributed by atoms with Crippen LogP contribution in [0.1, 0.15) is 25.0 Å². The van der Waals surface area contributed by atoms with E-state index in [4.69, 9.17) is 4.42 Å². The Labute approximate surface area is 158 Å². The van der Waals surface area contributed by atoms with Crippen LogP contribution in [0.5, 0.6) is 0 Å². The molecule has 0 spiro atoms. The predicted octanol–water partition coefficient (Wildman–Crippen LogP) is 2.54. The Morgan fingerprint density at radius 2 is 2.07 bits per heavy atom. The molecule has 1 aliphatic rings. The maximum Gasteiger partial charge on any atom is 0.222 e. The Hall–Kier alpha value is -2.67. The maximum absolute atomic E-state index is 12.5. The summed E-state index contributed by atoms with van der Waals surface area (Å²) in [6.07, 6.45) is 5.55. The first-order valence-corrected chi connectivity index (χ1v) is 9.58. The van der Waals surface area contributed by atoms with Crippen molar-refractivity contribution in [2.45, 2.75) is 32.4 Å². The molecule has 7 heteroatoms. The smallest absolute Gasteiger partial charge is 0.222 e. The van der Waals surface area contributed by atoms with E-state index < -0.39 is 0 Å². The number of carbonyl (C=O) groups is 1. The Kier molecular flexibility index (Phi) is 5.48. The van der Waals surface area contributed by atoms with Crippen LogP contribution in [-0.4, -0.2) is 56.7 Å². The molecule has 0 unspecified atom stereocenters. The molecule has 3 heterocycles. The van der Waals surface area contributed by atoms with Gasteiger partial charge in [-0.25, -0.2) is 4.98 Å².